The number of phenolic OH excluding ortho intramolecular Hbond substituents is 1. The van der Waals surface area contributed by atoms with Crippen LogP contribution in [0.5, 0.6) is 11.6 Å². The van der Waals surface area contributed by atoms with Gasteiger partial charge in [-0.15, -0.1) is 0 Å². The number of phenols is 1. The Kier molecular flexibility index (Phi) is 5.27. The van der Waals surface area contributed by atoms with Crippen molar-refractivity contribution in [3.05, 3.63) is 52.9 Å². The molecule has 2 aromatic heterocycles. The second-order valence-corrected chi connectivity index (χ2v) is 5.77. The van der Waals surface area contributed by atoms with E-state index in [0.29, 0.717) is 5.82 Å². The van der Waals surface area contributed by atoms with E-state index < -0.39 is 11.8 Å². The van der Waals surface area contributed by atoms with E-state index in [1.54, 1.807) is 25.1 Å². The number of rotatable bonds is 5. The molecule has 1 N–H and O–H groups in total. The van der Waals surface area contributed by atoms with Crippen LogP contribution in [0.2, 0.25) is 5.02 Å². The van der Waals surface area contributed by atoms with Crippen molar-refractivity contribution < 1.29 is 23.8 Å². The molecular weight excluding hydrogens is 377 g/mol. The SMILES string of the molecule is CCOC(=O)c1cnn(-c2cccc(-c3cc(F)cc(Cl)c3O)n2)c1OC. The molecule has 0 radical (unpaired) electrons. The molecule has 0 fully saturated rings. The summed E-state index contributed by atoms with van der Waals surface area (Å²) in [6, 6.07) is 6.97. The number of aromatic nitrogens is 3. The van der Waals surface area contributed by atoms with Crippen molar-refractivity contribution in [3.63, 3.8) is 0 Å². The van der Waals surface area contributed by atoms with Crippen LogP contribution in [0.3, 0.4) is 0 Å². The minimum Gasteiger partial charge on any atom is -0.506 e. The van der Waals surface area contributed by atoms with Gasteiger partial charge in [0.25, 0.3) is 0 Å². The van der Waals surface area contributed by atoms with Crippen LogP contribution in [0, 0.1) is 5.82 Å². The van der Waals surface area contributed by atoms with Crippen LogP contribution < -0.4 is 4.74 Å². The second kappa shape index (κ2) is 7.63. The Hall–Kier alpha value is -3.13. The third-order valence-electron chi connectivity index (χ3n) is 3.67. The first kappa shape index (κ1) is 18.7. The molecule has 0 amide bonds. The lowest BCUT2D eigenvalue weighted by Gasteiger charge is -2.10. The molecule has 0 aliphatic rings. The Bertz CT molecular complexity index is 1010. The van der Waals surface area contributed by atoms with Gasteiger partial charge in [-0.05, 0) is 31.2 Å². The van der Waals surface area contributed by atoms with Crippen molar-refractivity contribution in [1.29, 1.82) is 0 Å². The Balaban J connectivity index is 2.09. The van der Waals surface area contributed by atoms with Crippen molar-refractivity contribution >= 4 is 17.6 Å². The highest BCUT2D eigenvalue weighted by Crippen LogP contribution is 2.35. The summed E-state index contributed by atoms with van der Waals surface area (Å²) in [5, 5.41) is 14.1. The molecule has 0 bridgehead atoms. The highest BCUT2D eigenvalue weighted by Gasteiger charge is 2.21. The maximum Gasteiger partial charge on any atom is 0.345 e. The predicted octanol–water partition coefficient (Wildman–Crippen LogP) is 3.62. The van der Waals surface area contributed by atoms with E-state index in [1.807, 2.05) is 0 Å². The molecule has 1 aromatic carbocycles. The molecule has 0 aliphatic carbocycles. The summed E-state index contributed by atoms with van der Waals surface area (Å²) in [7, 11) is 1.39. The number of aromatic hydroxyl groups is 1. The molecule has 0 spiro atoms. The third-order valence-corrected chi connectivity index (χ3v) is 3.96. The normalized spacial score (nSPS) is 10.7. The highest BCUT2D eigenvalue weighted by molar-refractivity contribution is 6.32. The summed E-state index contributed by atoms with van der Waals surface area (Å²) in [5.41, 5.74) is 0.531. The predicted molar refractivity (Wildman–Crippen MR) is 95.9 cm³/mol. The first-order chi connectivity index (χ1) is 13.0. The number of hydrogen-bond acceptors (Lipinski definition) is 6. The smallest absolute Gasteiger partial charge is 0.345 e. The van der Waals surface area contributed by atoms with Crippen molar-refractivity contribution in [2.75, 3.05) is 13.7 Å². The fourth-order valence-corrected chi connectivity index (χ4v) is 2.70. The first-order valence-electron chi connectivity index (χ1n) is 7.91. The maximum absolute atomic E-state index is 13.7. The number of carbonyl (C=O) groups excluding carboxylic acids is 1. The lowest BCUT2D eigenvalue weighted by atomic mass is 10.1. The quantitative estimate of drug-likeness (QED) is 0.668. The largest absolute Gasteiger partial charge is 0.506 e. The number of pyridine rings is 1. The molecule has 140 valence electrons. The van der Waals surface area contributed by atoms with Crippen LogP contribution in [-0.2, 0) is 4.74 Å². The second-order valence-electron chi connectivity index (χ2n) is 5.36. The van der Waals surface area contributed by atoms with Crippen molar-refractivity contribution in [2.45, 2.75) is 6.92 Å². The lowest BCUT2D eigenvalue weighted by molar-refractivity contribution is 0.0522. The van der Waals surface area contributed by atoms with E-state index in [2.05, 4.69) is 10.1 Å². The van der Waals surface area contributed by atoms with E-state index in [9.17, 15) is 14.3 Å². The Morgan fingerprint density at radius 3 is 2.85 bits per heavy atom. The summed E-state index contributed by atoms with van der Waals surface area (Å²) in [6.45, 7) is 1.90. The zero-order valence-electron chi connectivity index (χ0n) is 14.4. The highest BCUT2D eigenvalue weighted by atomic mass is 35.5. The number of carbonyl (C=O) groups is 1. The van der Waals surface area contributed by atoms with Gasteiger partial charge in [0.05, 0.1) is 30.6 Å². The standard InChI is InChI=1S/C18H15ClFN3O4/c1-3-27-18(25)12-9-21-23(17(12)26-2)15-6-4-5-14(22-15)11-7-10(20)8-13(19)16(11)24/h4-9,24H,3H2,1-2H3. The molecule has 3 rings (SSSR count). The van der Waals surface area contributed by atoms with Gasteiger partial charge in [0.15, 0.2) is 5.82 Å². The molecule has 3 aromatic rings. The van der Waals surface area contributed by atoms with Crippen LogP contribution >= 0.6 is 11.6 Å². The number of hydrogen-bond donors (Lipinski definition) is 1. The van der Waals surface area contributed by atoms with Crippen LogP contribution in [-0.4, -0.2) is 39.6 Å². The summed E-state index contributed by atoms with van der Waals surface area (Å²) < 4.78 is 25.2. The molecule has 7 nitrogen and oxygen atoms in total. The Labute approximate surface area is 158 Å². The number of benzene rings is 1. The van der Waals surface area contributed by atoms with Gasteiger partial charge in [-0.3, -0.25) is 0 Å². The average Bonchev–Trinajstić information content (AvgIpc) is 3.09. The van der Waals surface area contributed by atoms with Gasteiger partial charge in [-0.1, -0.05) is 17.7 Å². The zero-order chi connectivity index (χ0) is 19.6. The summed E-state index contributed by atoms with van der Waals surface area (Å²) in [6.07, 6.45) is 1.31. The summed E-state index contributed by atoms with van der Waals surface area (Å²) in [5.74, 6) is -1.05. The van der Waals surface area contributed by atoms with Gasteiger partial charge in [0, 0.05) is 5.56 Å². The third kappa shape index (κ3) is 3.56. The number of nitrogens with zero attached hydrogens (tertiary/aromatic N) is 3. The van der Waals surface area contributed by atoms with Gasteiger partial charge >= 0.3 is 5.97 Å². The van der Waals surface area contributed by atoms with Gasteiger partial charge in [-0.2, -0.15) is 9.78 Å². The molecule has 27 heavy (non-hydrogen) atoms. The Morgan fingerprint density at radius 2 is 2.15 bits per heavy atom. The van der Waals surface area contributed by atoms with Crippen LogP contribution in [0.4, 0.5) is 4.39 Å². The minimum atomic E-state index is -0.610. The Morgan fingerprint density at radius 1 is 1.37 bits per heavy atom. The van der Waals surface area contributed by atoms with Gasteiger partial charge in [-0.25, -0.2) is 14.2 Å². The number of esters is 1. The van der Waals surface area contributed by atoms with Crippen LogP contribution in [0.1, 0.15) is 17.3 Å². The van der Waals surface area contributed by atoms with Crippen molar-refractivity contribution in [2.24, 2.45) is 0 Å². The molecule has 2 heterocycles. The van der Waals surface area contributed by atoms with Crippen LogP contribution in [0.25, 0.3) is 17.1 Å². The molecule has 0 aliphatic heterocycles. The monoisotopic (exact) mass is 391 g/mol. The fourth-order valence-electron chi connectivity index (χ4n) is 2.50. The van der Waals surface area contributed by atoms with Gasteiger partial charge < -0.3 is 14.6 Å². The fraction of sp³-hybridized carbons (Fsp3) is 0.167. The van der Waals surface area contributed by atoms with Gasteiger partial charge in [0.2, 0.25) is 5.88 Å². The maximum atomic E-state index is 13.7. The number of methoxy groups -OCH3 is 1. The van der Waals surface area contributed by atoms with Crippen molar-refractivity contribution in [1.82, 2.24) is 14.8 Å². The first-order valence-corrected chi connectivity index (χ1v) is 8.29. The summed E-state index contributed by atoms with van der Waals surface area (Å²) in [4.78, 5) is 16.4. The van der Waals surface area contributed by atoms with Crippen molar-refractivity contribution in [3.8, 4) is 28.7 Å². The number of ether oxygens (including phenoxy) is 2. The molecule has 0 saturated carbocycles. The van der Waals surface area contributed by atoms with E-state index in [1.165, 1.54) is 18.0 Å². The van der Waals surface area contributed by atoms with E-state index in [0.717, 1.165) is 12.1 Å². The van der Waals surface area contributed by atoms with Crippen LogP contribution in [0.15, 0.2) is 36.5 Å². The summed E-state index contributed by atoms with van der Waals surface area (Å²) >= 11 is 5.83. The molecule has 0 unspecified atom stereocenters. The lowest BCUT2D eigenvalue weighted by Crippen LogP contribution is -2.08. The van der Waals surface area contributed by atoms with Gasteiger partial charge in [0.1, 0.15) is 17.1 Å². The molecular formula is C18H15ClFN3O4. The van der Waals surface area contributed by atoms with E-state index in [-0.39, 0.29) is 40.1 Å². The zero-order valence-corrected chi connectivity index (χ0v) is 15.2. The minimum absolute atomic E-state index is 0.124. The average molecular weight is 392 g/mol. The molecule has 9 heteroatoms. The number of halogens is 2. The molecule has 0 atom stereocenters. The van der Waals surface area contributed by atoms with E-state index >= 15 is 0 Å². The topological polar surface area (TPSA) is 86.5 Å². The molecule has 0 saturated heterocycles. The van der Waals surface area contributed by atoms with E-state index in [4.69, 9.17) is 21.1 Å².